The highest BCUT2D eigenvalue weighted by atomic mass is 127. The Balaban J connectivity index is 0.00000243. The first-order chi connectivity index (χ1) is 12.4. The number of rotatable bonds is 7. The summed E-state index contributed by atoms with van der Waals surface area (Å²) in [4.78, 5) is 12.7. The molecule has 1 aliphatic heterocycles. The lowest BCUT2D eigenvalue weighted by Crippen LogP contribution is -2.43. The van der Waals surface area contributed by atoms with Crippen LogP contribution < -0.4 is 10.6 Å². The number of halogens is 1. The van der Waals surface area contributed by atoms with Crippen LogP contribution in [0.3, 0.4) is 0 Å². The van der Waals surface area contributed by atoms with E-state index < -0.39 is 0 Å². The average molecular weight is 485 g/mol. The van der Waals surface area contributed by atoms with Gasteiger partial charge in [-0.3, -0.25) is 14.9 Å². The summed E-state index contributed by atoms with van der Waals surface area (Å²) >= 11 is 1.84. The van der Waals surface area contributed by atoms with Crippen molar-refractivity contribution in [2.45, 2.75) is 25.3 Å². The average Bonchev–Trinajstić information content (AvgIpc) is 3.36. The number of aromatic nitrogens is 1. The highest BCUT2D eigenvalue weighted by Crippen LogP contribution is 2.27. The van der Waals surface area contributed by atoms with E-state index in [0.717, 1.165) is 31.2 Å². The predicted octanol–water partition coefficient (Wildman–Crippen LogP) is 3.31. The van der Waals surface area contributed by atoms with Crippen molar-refractivity contribution in [3.8, 4) is 0 Å². The highest BCUT2D eigenvalue weighted by Gasteiger charge is 2.24. The molecule has 0 radical (unpaired) electrons. The zero-order valence-corrected chi connectivity index (χ0v) is 18.4. The maximum atomic E-state index is 4.36. The second kappa shape index (κ2) is 11.5. The molecule has 1 fully saturated rings. The van der Waals surface area contributed by atoms with Crippen molar-refractivity contribution in [3.05, 3.63) is 52.5 Å². The van der Waals surface area contributed by atoms with Crippen LogP contribution in [0, 0.1) is 0 Å². The number of aliphatic imine (C=N–C) groups is 1. The van der Waals surface area contributed by atoms with Crippen molar-refractivity contribution in [1.82, 2.24) is 20.5 Å². The third-order valence-electron chi connectivity index (χ3n) is 4.54. The fourth-order valence-corrected chi connectivity index (χ4v) is 4.07. The number of likely N-dealkylation sites (tertiary alicyclic amines) is 1. The number of pyridine rings is 1. The Morgan fingerprint density at radius 3 is 2.73 bits per heavy atom. The van der Waals surface area contributed by atoms with Crippen LogP contribution in [0.15, 0.2) is 46.9 Å². The lowest BCUT2D eigenvalue weighted by atomic mass is 10.2. The van der Waals surface area contributed by atoms with Gasteiger partial charge in [-0.2, -0.15) is 0 Å². The maximum absolute atomic E-state index is 4.36. The fraction of sp³-hybridized carbons (Fsp3) is 0.474. The van der Waals surface area contributed by atoms with E-state index in [-0.39, 0.29) is 24.0 Å². The monoisotopic (exact) mass is 485 g/mol. The van der Waals surface area contributed by atoms with Gasteiger partial charge in [0.2, 0.25) is 0 Å². The molecule has 1 saturated heterocycles. The molecule has 2 aromatic heterocycles. The molecule has 0 amide bonds. The Morgan fingerprint density at radius 2 is 2.08 bits per heavy atom. The van der Waals surface area contributed by atoms with Gasteiger partial charge in [-0.1, -0.05) is 12.1 Å². The van der Waals surface area contributed by atoms with Gasteiger partial charge < -0.3 is 10.6 Å². The van der Waals surface area contributed by atoms with Crippen LogP contribution in [-0.4, -0.2) is 49.1 Å². The van der Waals surface area contributed by atoms with Gasteiger partial charge in [-0.15, -0.1) is 35.3 Å². The summed E-state index contributed by atoms with van der Waals surface area (Å²) in [6.45, 7) is 4.08. The highest BCUT2D eigenvalue weighted by molar-refractivity contribution is 14.0. The van der Waals surface area contributed by atoms with E-state index >= 15 is 0 Å². The summed E-state index contributed by atoms with van der Waals surface area (Å²) in [5.74, 6) is 0.858. The molecule has 0 bridgehead atoms. The molecule has 1 unspecified atom stereocenters. The maximum Gasteiger partial charge on any atom is 0.191 e. The Bertz CT molecular complexity index is 641. The molecular weight excluding hydrogens is 457 g/mol. The van der Waals surface area contributed by atoms with Gasteiger partial charge in [-0.05, 0) is 49.5 Å². The number of nitrogens with one attached hydrogen (secondary N) is 2. The summed E-state index contributed by atoms with van der Waals surface area (Å²) < 4.78 is 0. The van der Waals surface area contributed by atoms with E-state index in [1.807, 2.05) is 36.7 Å². The Hall–Kier alpha value is -1.19. The van der Waals surface area contributed by atoms with Crippen LogP contribution in [-0.2, 0) is 6.42 Å². The molecule has 7 heteroatoms. The topological polar surface area (TPSA) is 52.6 Å². The van der Waals surface area contributed by atoms with Gasteiger partial charge >= 0.3 is 0 Å². The summed E-state index contributed by atoms with van der Waals surface area (Å²) in [7, 11) is 1.83. The van der Waals surface area contributed by atoms with E-state index in [4.69, 9.17) is 0 Å². The van der Waals surface area contributed by atoms with E-state index in [1.165, 1.54) is 30.8 Å². The first-order valence-corrected chi connectivity index (χ1v) is 9.86. The smallest absolute Gasteiger partial charge is 0.191 e. The van der Waals surface area contributed by atoms with Crippen molar-refractivity contribution < 1.29 is 0 Å². The molecule has 1 aliphatic rings. The van der Waals surface area contributed by atoms with Crippen molar-refractivity contribution in [2.24, 2.45) is 4.99 Å². The number of hydrogen-bond acceptors (Lipinski definition) is 4. The molecule has 0 aliphatic carbocycles. The fourth-order valence-electron chi connectivity index (χ4n) is 3.21. The van der Waals surface area contributed by atoms with Crippen LogP contribution in [0.1, 0.15) is 29.5 Å². The van der Waals surface area contributed by atoms with E-state index in [0.29, 0.717) is 6.04 Å². The first kappa shape index (κ1) is 21.1. The van der Waals surface area contributed by atoms with Crippen LogP contribution in [0.4, 0.5) is 0 Å². The normalized spacial score (nSPS) is 16.1. The number of hydrogen-bond donors (Lipinski definition) is 2. The zero-order valence-electron chi connectivity index (χ0n) is 15.2. The van der Waals surface area contributed by atoms with Gasteiger partial charge in [0, 0.05) is 43.3 Å². The van der Waals surface area contributed by atoms with Crippen molar-refractivity contribution in [3.63, 3.8) is 0 Å². The Morgan fingerprint density at radius 1 is 1.23 bits per heavy atom. The largest absolute Gasteiger partial charge is 0.356 e. The van der Waals surface area contributed by atoms with Crippen molar-refractivity contribution in [1.29, 1.82) is 0 Å². The van der Waals surface area contributed by atoms with Crippen molar-refractivity contribution in [2.75, 3.05) is 33.2 Å². The molecule has 2 N–H and O–H groups in total. The second-order valence-corrected chi connectivity index (χ2v) is 7.20. The quantitative estimate of drug-likeness (QED) is 0.359. The SMILES string of the molecule is CN=C(NCCc1ccccn1)NCC(c1cccs1)N1CCCC1.I. The van der Waals surface area contributed by atoms with E-state index in [9.17, 15) is 0 Å². The van der Waals surface area contributed by atoms with Crippen LogP contribution >= 0.6 is 35.3 Å². The zero-order chi connectivity index (χ0) is 17.3. The Labute approximate surface area is 177 Å². The van der Waals surface area contributed by atoms with Gasteiger partial charge in [0.15, 0.2) is 5.96 Å². The molecule has 26 heavy (non-hydrogen) atoms. The Kier molecular flexibility index (Phi) is 9.35. The summed E-state index contributed by atoms with van der Waals surface area (Å²) in [5.41, 5.74) is 1.10. The summed E-state index contributed by atoms with van der Waals surface area (Å²) in [5, 5.41) is 9.06. The molecule has 142 valence electrons. The molecule has 5 nitrogen and oxygen atoms in total. The molecule has 0 spiro atoms. The molecule has 0 saturated carbocycles. The minimum atomic E-state index is 0. The minimum Gasteiger partial charge on any atom is -0.356 e. The lowest BCUT2D eigenvalue weighted by Gasteiger charge is -2.27. The summed E-state index contributed by atoms with van der Waals surface area (Å²) in [6.07, 6.45) is 5.34. The summed E-state index contributed by atoms with van der Waals surface area (Å²) in [6, 6.07) is 10.8. The van der Waals surface area contributed by atoms with Crippen LogP contribution in [0.5, 0.6) is 0 Å². The first-order valence-electron chi connectivity index (χ1n) is 8.98. The number of thiophene rings is 1. The van der Waals surface area contributed by atoms with Gasteiger partial charge in [-0.25, -0.2) is 0 Å². The van der Waals surface area contributed by atoms with Crippen molar-refractivity contribution >= 4 is 41.3 Å². The van der Waals surface area contributed by atoms with E-state index in [1.54, 1.807) is 0 Å². The number of guanidine groups is 1. The molecule has 3 heterocycles. The van der Waals surface area contributed by atoms with Gasteiger partial charge in [0.25, 0.3) is 0 Å². The van der Waals surface area contributed by atoms with Gasteiger partial charge in [0.05, 0.1) is 6.04 Å². The molecule has 3 rings (SSSR count). The van der Waals surface area contributed by atoms with Crippen LogP contribution in [0.2, 0.25) is 0 Å². The third-order valence-corrected chi connectivity index (χ3v) is 5.51. The van der Waals surface area contributed by atoms with E-state index in [2.05, 4.69) is 49.1 Å². The lowest BCUT2D eigenvalue weighted by molar-refractivity contribution is 0.249. The second-order valence-electron chi connectivity index (χ2n) is 6.23. The molecule has 0 aromatic carbocycles. The van der Waals surface area contributed by atoms with Gasteiger partial charge in [0.1, 0.15) is 0 Å². The number of nitrogens with zero attached hydrogens (tertiary/aromatic N) is 3. The molecular formula is C19H28IN5S. The standard InChI is InChI=1S/C19H27N5S.HI/c1-20-19(22-11-9-16-7-2-3-10-21-16)23-15-17(18-8-6-14-25-18)24-12-4-5-13-24;/h2-3,6-8,10,14,17H,4-5,9,11-13,15H2,1H3,(H2,20,22,23);1H. The van der Waals surface area contributed by atoms with Crippen LogP contribution in [0.25, 0.3) is 0 Å². The minimum absolute atomic E-state index is 0. The predicted molar refractivity (Wildman–Crippen MR) is 121 cm³/mol. The third kappa shape index (κ3) is 6.21. The molecule has 2 aromatic rings. The molecule has 1 atom stereocenters.